The van der Waals surface area contributed by atoms with Crippen LogP contribution in [0.5, 0.6) is 5.75 Å². The quantitative estimate of drug-likeness (QED) is 0.525. The third-order valence-electron chi connectivity index (χ3n) is 4.93. The molecule has 0 bridgehead atoms. The lowest BCUT2D eigenvalue weighted by atomic mass is 10.0. The predicted octanol–water partition coefficient (Wildman–Crippen LogP) is 5.03. The van der Waals surface area contributed by atoms with Crippen molar-refractivity contribution < 1.29 is 17.9 Å². The number of benzene rings is 2. The summed E-state index contributed by atoms with van der Waals surface area (Å²) in [6.45, 7) is 10.8. The fourth-order valence-electron chi connectivity index (χ4n) is 3.14. The zero-order chi connectivity index (χ0) is 23.0. The molecular formula is C24H34N2O4S. The van der Waals surface area contributed by atoms with Crippen LogP contribution in [0.4, 0.5) is 5.69 Å². The van der Waals surface area contributed by atoms with Crippen molar-refractivity contribution in [1.82, 2.24) is 4.31 Å². The number of carbonyl (C=O) groups excluding carboxylic acids is 1. The second-order valence-electron chi connectivity index (χ2n) is 7.90. The number of carbonyl (C=O) groups is 1. The molecule has 0 aliphatic rings. The minimum Gasteiger partial charge on any atom is -0.481 e. The SMILES string of the molecule is CCCN(CCC)S(=O)(=O)c1ccc(NC(=O)C(C)Oc2ccc(C(C)C)cc2)cc1. The molecule has 0 radical (unpaired) electrons. The van der Waals surface area contributed by atoms with Gasteiger partial charge in [0.25, 0.3) is 5.91 Å². The molecule has 1 unspecified atom stereocenters. The monoisotopic (exact) mass is 446 g/mol. The standard InChI is InChI=1S/C24H34N2O4S/c1-6-16-26(17-7-2)31(28,29)23-14-10-21(11-15-23)25-24(27)19(5)30-22-12-8-20(9-13-22)18(3)4/h8-15,18-19H,6-7,16-17H2,1-5H3,(H,25,27). The minimum absolute atomic E-state index is 0.224. The lowest BCUT2D eigenvalue weighted by Gasteiger charge is -2.21. The van der Waals surface area contributed by atoms with Crippen LogP contribution in [0.1, 0.15) is 58.9 Å². The van der Waals surface area contributed by atoms with E-state index in [1.165, 1.54) is 22.0 Å². The molecule has 0 aliphatic heterocycles. The van der Waals surface area contributed by atoms with E-state index in [0.29, 0.717) is 30.4 Å². The normalized spacial score (nSPS) is 12.7. The first-order chi connectivity index (χ1) is 14.7. The van der Waals surface area contributed by atoms with E-state index in [1.54, 1.807) is 19.1 Å². The average Bonchev–Trinajstić information content (AvgIpc) is 2.74. The van der Waals surface area contributed by atoms with Gasteiger partial charge in [-0.05, 0) is 67.6 Å². The van der Waals surface area contributed by atoms with Crippen molar-refractivity contribution in [2.24, 2.45) is 0 Å². The number of sulfonamides is 1. The number of hydrogen-bond donors (Lipinski definition) is 1. The van der Waals surface area contributed by atoms with Gasteiger partial charge in [0.15, 0.2) is 6.10 Å². The molecule has 0 spiro atoms. The van der Waals surface area contributed by atoms with E-state index in [-0.39, 0.29) is 10.8 Å². The largest absolute Gasteiger partial charge is 0.481 e. The first-order valence-electron chi connectivity index (χ1n) is 10.9. The van der Waals surface area contributed by atoms with Gasteiger partial charge in [-0.2, -0.15) is 4.31 Å². The van der Waals surface area contributed by atoms with Crippen molar-refractivity contribution in [3.63, 3.8) is 0 Å². The van der Waals surface area contributed by atoms with Crippen LogP contribution in [0.25, 0.3) is 0 Å². The summed E-state index contributed by atoms with van der Waals surface area (Å²) in [6, 6.07) is 14.0. The van der Waals surface area contributed by atoms with Gasteiger partial charge in [0.1, 0.15) is 5.75 Å². The summed E-state index contributed by atoms with van der Waals surface area (Å²) in [5.74, 6) is 0.750. The van der Waals surface area contributed by atoms with Crippen LogP contribution < -0.4 is 10.1 Å². The van der Waals surface area contributed by atoms with Gasteiger partial charge in [0, 0.05) is 18.8 Å². The van der Waals surface area contributed by atoms with Gasteiger partial charge in [0.05, 0.1) is 4.90 Å². The zero-order valence-electron chi connectivity index (χ0n) is 19.1. The van der Waals surface area contributed by atoms with Crippen LogP contribution >= 0.6 is 0 Å². The molecule has 0 saturated heterocycles. The van der Waals surface area contributed by atoms with Crippen molar-refractivity contribution in [2.75, 3.05) is 18.4 Å². The van der Waals surface area contributed by atoms with E-state index in [4.69, 9.17) is 4.74 Å². The number of rotatable bonds is 11. The van der Waals surface area contributed by atoms with Gasteiger partial charge < -0.3 is 10.1 Å². The summed E-state index contributed by atoms with van der Waals surface area (Å²) >= 11 is 0. The Morgan fingerprint density at radius 2 is 1.48 bits per heavy atom. The van der Waals surface area contributed by atoms with Crippen molar-refractivity contribution in [3.8, 4) is 5.75 Å². The Bertz CT molecular complexity index is 933. The Morgan fingerprint density at radius 3 is 1.97 bits per heavy atom. The van der Waals surface area contributed by atoms with Crippen LogP contribution in [-0.4, -0.2) is 37.8 Å². The van der Waals surface area contributed by atoms with Gasteiger partial charge in [-0.1, -0.05) is 39.8 Å². The maximum Gasteiger partial charge on any atom is 0.265 e. The first-order valence-corrected chi connectivity index (χ1v) is 12.3. The highest BCUT2D eigenvalue weighted by molar-refractivity contribution is 7.89. The van der Waals surface area contributed by atoms with E-state index < -0.39 is 16.1 Å². The number of amides is 1. The second kappa shape index (κ2) is 11.3. The molecule has 1 N–H and O–H groups in total. The summed E-state index contributed by atoms with van der Waals surface area (Å²) in [5, 5.41) is 2.78. The maximum atomic E-state index is 12.8. The Kier molecular flexibility index (Phi) is 9.07. The fraction of sp³-hybridized carbons (Fsp3) is 0.458. The van der Waals surface area contributed by atoms with E-state index in [1.807, 2.05) is 38.1 Å². The Labute approximate surface area is 186 Å². The number of anilines is 1. The van der Waals surface area contributed by atoms with Gasteiger partial charge >= 0.3 is 0 Å². The lowest BCUT2D eigenvalue weighted by Crippen LogP contribution is -2.32. The molecule has 1 atom stereocenters. The molecule has 2 rings (SSSR count). The molecule has 170 valence electrons. The van der Waals surface area contributed by atoms with Crippen molar-refractivity contribution >= 4 is 21.6 Å². The lowest BCUT2D eigenvalue weighted by molar-refractivity contribution is -0.122. The molecular weight excluding hydrogens is 412 g/mol. The van der Waals surface area contributed by atoms with Gasteiger partial charge in [-0.15, -0.1) is 0 Å². The van der Waals surface area contributed by atoms with Crippen LogP contribution in [0, 0.1) is 0 Å². The van der Waals surface area contributed by atoms with Crippen molar-refractivity contribution in [1.29, 1.82) is 0 Å². The molecule has 0 fully saturated rings. The first kappa shape index (κ1) is 24.9. The van der Waals surface area contributed by atoms with Gasteiger partial charge in [-0.25, -0.2) is 8.42 Å². The number of nitrogens with zero attached hydrogens (tertiary/aromatic N) is 1. The Balaban J connectivity index is 2.02. The van der Waals surface area contributed by atoms with Crippen LogP contribution in [-0.2, 0) is 14.8 Å². The molecule has 0 aliphatic carbocycles. The fourth-order valence-corrected chi connectivity index (χ4v) is 4.77. The summed E-state index contributed by atoms with van der Waals surface area (Å²) in [4.78, 5) is 12.7. The zero-order valence-corrected chi connectivity index (χ0v) is 19.9. The summed E-state index contributed by atoms with van der Waals surface area (Å²) < 4.78 is 32.9. The van der Waals surface area contributed by atoms with E-state index in [0.717, 1.165) is 12.8 Å². The van der Waals surface area contributed by atoms with Crippen molar-refractivity contribution in [3.05, 3.63) is 54.1 Å². The molecule has 1 amide bonds. The maximum absolute atomic E-state index is 12.8. The van der Waals surface area contributed by atoms with E-state index >= 15 is 0 Å². The molecule has 0 aromatic heterocycles. The number of nitrogens with one attached hydrogen (secondary N) is 1. The van der Waals surface area contributed by atoms with Crippen LogP contribution in [0.2, 0.25) is 0 Å². The minimum atomic E-state index is -3.54. The summed E-state index contributed by atoms with van der Waals surface area (Å²) in [6.07, 6.45) is 0.814. The highest BCUT2D eigenvalue weighted by Crippen LogP contribution is 2.21. The molecule has 31 heavy (non-hydrogen) atoms. The number of hydrogen-bond acceptors (Lipinski definition) is 4. The number of ether oxygens (including phenoxy) is 1. The second-order valence-corrected chi connectivity index (χ2v) is 9.84. The third-order valence-corrected chi connectivity index (χ3v) is 6.85. The average molecular weight is 447 g/mol. The molecule has 6 nitrogen and oxygen atoms in total. The van der Waals surface area contributed by atoms with Crippen LogP contribution in [0.3, 0.4) is 0 Å². The van der Waals surface area contributed by atoms with E-state index in [2.05, 4.69) is 19.2 Å². The molecule has 0 saturated carbocycles. The highest BCUT2D eigenvalue weighted by atomic mass is 32.2. The molecule has 2 aromatic rings. The van der Waals surface area contributed by atoms with Crippen molar-refractivity contribution in [2.45, 2.75) is 64.4 Å². The topological polar surface area (TPSA) is 75.7 Å². The molecule has 2 aromatic carbocycles. The van der Waals surface area contributed by atoms with Gasteiger partial charge in [0.2, 0.25) is 10.0 Å². The van der Waals surface area contributed by atoms with Crippen LogP contribution in [0.15, 0.2) is 53.4 Å². The highest BCUT2D eigenvalue weighted by Gasteiger charge is 2.23. The molecule has 7 heteroatoms. The summed E-state index contributed by atoms with van der Waals surface area (Å²) in [5.41, 5.74) is 1.73. The Morgan fingerprint density at radius 1 is 0.935 bits per heavy atom. The third kappa shape index (κ3) is 6.80. The van der Waals surface area contributed by atoms with E-state index in [9.17, 15) is 13.2 Å². The predicted molar refractivity (Wildman–Crippen MR) is 125 cm³/mol. The molecule has 0 heterocycles. The van der Waals surface area contributed by atoms with Gasteiger partial charge in [-0.3, -0.25) is 4.79 Å². The Hall–Kier alpha value is -2.38. The smallest absolute Gasteiger partial charge is 0.265 e. The summed E-state index contributed by atoms with van der Waals surface area (Å²) in [7, 11) is -3.54.